The molecule has 8 nitrogen and oxygen atoms in total. The first-order valence-corrected chi connectivity index (χ1v) is 9.91. The number of ether oxygens (including phenoxy) is 2. The molecule has 1 aromatic heterocycles. The number of benzene rings is 1. The number of amides is 2. The van der Waals surface area contributed by atoms with Crippen LogP contribution in [0.4, 0.5) is 10.5 Å². The van der Waals surface area contributed by atoms with Crippen molar-refractivity contribution in [2.45, 2.75) is 47.0 Å². The van der Waals surface area contributed by atoms with Gasteiger partial charge in [-0.15, -0.1) is 0 Å². The van der Waals surface area contributed by atoms with Gasteiger partial charge in [-0.25, -0.2) is 9.78 Å². The highest BCUT2D eigenvalue weighted by Gasteiger charge is 2.26. The average Bonchev–Trinajstić information content (AvgIpc) is 2.70. The number of H-pyrrole nitrogens is 1. The van der Waals surface area contributed by atoms with E-state index in [0.717, 1.165) is 11.3 Å². The van der Waals surface area contributed by atoms with Crippen LogP contribution in [-0.2, 0) is 22.4 Å². The third-order valence-corrected chi connectivity index (χ3v) is 4.99. The number of nitrogens with one attached hydrogen (secondary N) is 2. The van der Waals surface area contributed by atoms with Crippen LogP contribution in [0.3, 0.4) is 0 Å². The fourth-order valence-corrected chi connectivity index (χ4v) is 3.26. The molecule has 0 bridgehead atoms. The maximum Gasteiger partial charge on any atom is 0.322 e. The first-order chi connectivity index (χ1) is 13.9. The molecule has 0 fully saturated rings. The second-order valence-electron chi connectivity index (χ2n) is 7.02. The molecule has 0 saturated carbocycles. The smallest absolute Gasteiger partial charge is 0.322 e. The fraction of sp³-hybridized carbons (Fsp3) is 0.476. The van der Waals surface area contributed by atoms with Gasteiger partial charge in [0.1, 0.15) is 0 Å². The van der Waals surface area contributed by atoms with Crippen molar-refractivity contribution < 1.29 is 14.3 Å². The summed E-state index contributed by atoms with van der Waals surface area (Å²) >= 11 is 0. The molecule has 29 heavy (non-hydrogen) atoms. The zero-order valence-corrected chi connectivity index (χ0v) is 17.4. The van der Waals surface area contributed by atoms with Gasteiger partial charge in [0.2, 0.25) is 6.29 Å². The summed E-state index contributed by atoms with van der Waals surface area (Å²) in [6.45, 7) is 9.31. The highest BCUT2D eigenvalue weighted by molar-refractivity contribution is 5.89. The van der Waals surface area contributed by atoms with E-state index in [-0.39, 0.29) is 18.1 Å². The van der Waals surface area contributed by atoms with Gasteiger partial charge in [-0.3, -0.25) is 4.79 Å². The van der Waals surface area contributed by atoms with Gasteiger partial charge in [0.15, 0.2) is 5.82 Å². The van der Waals surface area contributed by atoms with Crippen molar-refractivity contribution in [3.63, 3.8) is 0 Å². The van der Waals surface area contributed by atoms with Crippen LogP contribution in [0.2, 0.25) is 0 Å². The second kappa shape index (κ2) is 9.19. The second-order valence-corrected chi connectivity index (χ2v) is 7.02. The van der Waals surface area contributed by atoms with E-state index in [1.54, 1.807) is 4.90 Å². The van der Waals surface area contributed by atoms with Crippen LogP contribution in [0.15, 0.2) is 23.0 Å². The lowest BCUT2D eigenvalue weighted by atomic mass is 10.1. The molecule has 2 amide bonds. The number of hydrogen-bond acceptors (Lipinski definition) is 5. The summed E-state index contributed by atoms with van der Waals surface area (Å²) in [6.07, 6.45) is -0.202. The number of fused-ring (bicyclic) bond motifs is 1. The molecule has 2 aromatic rings. The van der Waals surface area contributed by atoms with Gasteiger partial charge >= 0.3 is 6.03 Å². The van der Waals surface area contributed by atoms with Crippen LogP contribution in [0.1, 0.15) is 48.3 Å². The Morgan fingerprint density at radius 3 is 2.62 bits per heavy atom. The van der Waals surface area contributed by atoms with Crippen LogP contribution in [0.25, 0.3) is 0 Å². The lowest BCUT2D eigenvalue weighted by molar-refractivity contribution is -0.145. The molecule has 0 unspecified atom stereocenters. The van der Waals surface area contributed by atoms with Crippen LogP contribution in [-0.4, -0.2) is 40.7 Å². The zero-order valence-electron chi connectivity index (χ0n) is 17.4. The number of urea groups is 1. The molecule has 3 rings (SSSR count). The molecule has 0 saturated heterocycles. The number of aryl methyl sites for hydroxylation is 2. The first kappa shape index (κ1) is 21.0. The van der Waals surface area contributed by atoms with Crippen molar-refractivity contribution in [3.05, 3.63) is 56.8 Å². The van der Waals surface area contributed by atoms with Crippen LogP contribution >= 0.6 is 0 Å². The molecule has 0 radical (unpaired) electrons. The van der Waals surface area contributed by atoms with Gasteiger partial charge < -0.3 is 24.7 Å². The lowest BCUT2D eigenvalue weighted by Crippen LogP contribution is -2.42. The number of carbonyl (C=O) groups is 1. The van der Waals surface area contributed by atoms with E-state index in [1.807, 2.05) is 45.9 Å². The number of hydrogen-bond donors (Lipinski definition) is 2. The van der Waals surface area contributed by atoms with Crippen molar-refractivity contribution in [2.75, 3.05) is 25.1 Å². The largest absolute Gasteiger partial charge is 0.346 e. The number of nitrogens with zero attached hydrogens (tertiary/aromatic N) is 2. The lowest BCUT2D eigenvalue weighted by Gasteiger charge is -2.28. The molecular weight excluding hydrogens is 372 g/mol. The highest BCUT2D eigenvalue weighted by atomic mass is 16.7. The summed E-state index contributed by atoms with van der Waals surface area (Å²) < 4.78 is 11.1. The third kappa shape index (κ3) is 4.83. The summed E-state index contributed by atoms with van der Waals surface area (Å²) in [4.78, 5) is 34.2. The summed E-state index contributed by atoms with van der Waals surface area (Å²) in [5.41, 5.74) is 3.94. The molecule has 0 atom stereocenters. The Balaban J connectivity index is 1.75. The van der Waals surface area contributed by atoms with Crippen LogP contribution in [0, 0.1) is 13.8 Å². The van der Waals surface area contributed by atoms with Crippen molar-refractivity contribution in [3.8, 4) is 0 Å². The van der Waals surface area contributed by atoms with Gasteiger partial charge in [-0.1, -0.05) is 6.07 Å². The molecule has 0 spiro atoms. The predicted molar refractivity (Wildman–Crippen MR) is 110 cm³/mol. The third-order valence-electron chi connectivity index (χ3n) is 4.99. The molecule has 2 N–H and O–H groups in total. The SMILES string of the molecule is CCOC(OCC)c1nc2c(c(=O)[nH]1)CN(C(=O)Nc1ccc(C)c(C)c1)CC2. The zero-order chi connectivity index (χ0) is 21.0. The van der Waals surface area contributed by atoms with Crippen molar-refractivity contribution in [2.24, 2.45) is 0 Å². The van der Waals surface area contributed by atoms with E-state index in [0.29, 0.717) is 43.3 Å². The van der Waals surface area contributed by atoms with Gasteiger partial charge in [-0.2, -0.15) is 0 Å². The Hall–Kier alpha value is -2.71. The normalized spacial score (nSPS) is 13.5. The van der Waals surface area contributed by atoms with Crippen molar-refractivity contribution >= 4 is 11.7 Å². The minimum absolute atomic E-state index is 0.211. The van der Waals surface area contributed by atoms with E-state index in [4.69, 9.17) is 9.47 Å². The van der Waals surface area contributed by atoms with Gasteiger partial charge in [0.05, 0.1) is 17.8 Å². The molecule has 1 aliphatic rings. The molecule has 156 valence electrons. The van der Waals surface area contributed by atoms with Gasteiger partial charge in [0, 0.05) is 31.9 Å². The maximum atomic E-state index is 12.7. The number of aromatic amines is 1. The summed E-state index contributed by atoms with van der Waals surface area (Å²) in [6, 6.07) is 5.55. The number of aromatic nitrogens is 2. The molecule has 8 heteroatoms. The summed E-state index contributed by atoms with van der Waals surface area (Å²) in [5.74, 6) is 0.366. The Morgan fingerprint density at radius 2 is 1.97 bits per heavy atom. The predicted octanol–water partition coefficient (Wildman–Crippen LogP) is 3.05. The number of anilines is 1. The quantitative estimate of drug-likeness (QED) is 0.727. The van der Waals surface area contributed by atoms with Gasteiger partial charge in [-0.05, 0) is 51.0 Å². The van der Waals surface area contributed by atoms with Crippen molar-refractivity contribution in [1.29, 1.82) is 0 Å². The first-order valence-electron chi connectivity index (χ1n) is 9.91. The topological polar surface area (TPSA) is 96.6 Å². The van der Waals surface area contributed by atoms with Gasteiger partial charge in [0.25, 0.3) is 5.56 Å². The Bertz CT molecular complexity index is 935. The van der Waals surface area contributed by atoms with E-state index < -0.39 is 6.29 Å². The number of rotatable bonds is 6. The summed E-state index contributed by atoms with van der Waals surface area (Å²) in [7, 11) is 0. The molecule has 1 aromatic carbocycles. The monoisotopic (exact) mass is 400 g/mol. The molecule has 1 aliphatic heterocycles. The minimum atomic E-state index is -0.700. The van der Waals surface area contributed by atoms with Crippen molar-refractivity contribution in [1.82, 2.24) is 14.9 Å². The Morgan fingerprint density at radius 1 is 1.24 bits per heavy atom. The van der Waals surface area contributed by atoms with E-state index in [1.165, 1.54) is 5.56 Å². The maximum absolute atomic E-state index is 12.7. The van der Waals surface area contributed by atoms with E-state index >= 15 is 0 Å². The fourth-order valence-electron chi connectivity index (χ4n) is 3.26. The Kier molecular flexibility index (Phi) is 6.66. The Labute approximate surface area is 170 Å². The highest BCUT2D eigenvalue weighted by Crippen LogP contribution is 2.20. The van der Waals surface area contributed by atoms with Crippen LogP contribution < -0.4 is 10.9 Å². The van der Waals surface area contributed by atoms with Crippen LogP contribution in [0.5, 0.6) is 0 Å². The number of carbonyl (C=O) groups excluding carboxylic acids is 1. The molecule has 2 heterocycles. The molecular formula is C21H28N4O4. The van der Waals surface area contributed by atoms with E-state index in [9.17, 15) is 9.59 Å². The molecule has 0 aliphatic carbocycles. The summed E-state index contributed by atoms with van der Waals surface area (Å²) in [5, 5.41) is 2.91. The average molecular weight is 400 g/mol. The standard InChI is InChI=1S/C21H28N4O4/c1-5-28-20(29-6-2)18-23-17-9-10-25(12-16(17)19(26)24-18)21(27)22-15-8-7-13(3)14(4)11-15/h7-8,11,20H,5-6,9-10,12H2,1-4H3,(H,22,27)(H,23,24,26). The van der Waals surface area contributed by atoms with E-state index in [2.05, 4.69) is 15.3 Å². The minimum Gasteiger partial charge on any atom is -0.346 e.